The first-order chi connectivity index (χ1) is 14.6. The molecule has 0 radical (unpaired) electrons. The summed E-state index contributed by atoms with van der Waals surface area (Å²) < 4.78 is 3.41. The number of nitrogens with one attached hydrogen (secondary N) is 3. The quantitative estimate of drug-likeness (QED) is 0.580. The van der Waals surface area contributed by atoms with Crippen LogP contribution in [0.3, 0.4) is 0 Å². The maximum absolute atomic E-state index is 13.0. The van der Waals surface area contributed by atoms with Crippen LogP contribution in [0.4, 0.5) is 17.3 Å². The van der Waals surface area contributed by atoms with Crippen LogP contribution in [0.2, 0.25) is 0 Å². The lowest BCUT2D eigenvalue weighted by Gasteiger charge is -2.15. The van der Waals surface area contributed by atoms with E-state index in [1.807, 2.05) is 16.8 Å². The first-order valence-corrected chi connectivity index (χ1v) is 10.5. The zero-order valence-corrected chi connectivity index (χ0v) is 16.9. The number of hydrogen-bond donors (Lipinski definition) is 3. The molecule has 2 fully saturated rings. The van der Waals surface area contributed by atoms with Crippen LogP contribution in [-0.4, -0.2) is 38.2 Å². The molecule has 2 aliphatic rings. The maximum atomic E-state index is 13.0. The van der Waals surface area contributed by atoms with Gasteiger partial charge in [-0.3, -0.25) is 9.59 Å². The predicted octanol–water partition coefficient (Wildman–Crippen LogP) is 2.68. The molecule has 3 aromatic heterocycles. The average Bonchev–Trinajstić information content (AvgIpc) is 3.22. The van der Waals surface area contributed by atoms with E-state index >= 15 is 0 Å². The largest absolute Gasteiger partial charge is 0.373 e. The van der Waals surface area contributed by atoms with E-state index < -0.39 is 0 Å². The van der Waals surface area contributed by atoms with Crippen LogP contribution in [0.1, 0.15) is 54.9 Å². The molecule has 0 atom stereocenters. The summed E-state index contributed by atoms with van der Waals surface area (Å²) in [5.41, 5.74) is 1.26. The summed E-state index contributed by atoms with van der Waals surface area (Å²) in [6.45, 7) is 0. The van der Waals surface area contributed by atoms with Crippen LogP contribution in [0.25, 0.3) is 5.65 Å². The number of aromatic nitrogens is 4. The molecule has 3 N–H and O–H groups in total. The van der Waals surface area contributed by atoms with E-state index in [1.165, 1.54) is 6.20 Å². The number of carbonyl (C=O) groups excluding carboxylic acids is 1. The van der Waals surface area contributed by atoms with E-state index in [4.69, 9.17) is 0 Å². The minimum Gasteiger partial charge on any atom is -0.373 e. The third-order valence-electron chi connectivity index (χ3n) is 5.84. The maximum Gasteiger partial charge on any atom is 0.274 e. The number of rotatable bonds is 6. The molecule has 9 heteroatoms. The molecule has 0 bridgehead atoms. The van der Waals surface area contributed by atoms with Crippen LogP contribution in [-0.2, 0) is 0 Å². The second-order valence-corrected chi connectivity index (χ2v) is 8.02. The van der Waals surface area contributed by atoms with E-state index in [1.54, 1.807) is 23.7 Å². The van der Waals surface area contributed by atoms with Gasteiger partial charge in [-0.1, -0.05) is 12.8 Å². The van der Waals surface area contributed by atoms with Gasteiger partial charge in [-0.2, -0.15) is 9.61 Å². The van der Waals surface area contributed by atoms with Gasteiger partial charge >= 0.3 is 0 Å². The van der Waals surface area contributed by atoms with Gasteiger partial charge in [-0.15, -0.1) is 0 Å². The topological polar surface area (TPSA) is 105 Å². The van der Waals surface area contributed by atoms with Gasteiger partial charge in [-0.05, 0) is 37.8 Å². The van der Waals surface area contributed by atoms with Crippen molar-refractivity contribution in [3.8, 4) is 0 Å². The average molecular weight is 407 g/mol. The van der Waals surface area contributed by atoms with Crippen LogP contribution in [0, 0.1) is 0 Å². The highest BCUT2D eigenvalue weighted by Gasteiger charge is 2.26. The van der Waals surface area contributed by atoms with E-state index in [2.05, 4.69) is 26.0 Å². The predicted molar refractivity (Wildman–Crippen MR) is 115 cm³/mol. The number of carbonyl (C=O) groups is 1. The first kappa shape index (κ1) is 18.7. The van der Waals surface area contributed by atoms with Crippen molar-refractivity contribution < 1.29 is 4.79 Å². The summed E-state index contributed by atoms with van der Waals surface area (Å²) in [5.74, 6) is 0.969. The summed E-state index contributed by atoms with van der Waals surface area (Å²) in [4.78, 5) is 30.2. The Labute approximate surface area is 173 Å². The molecule has 9 nitrogen and oxygen atoms in total. The Kier molecular flexibility index (Phi) is 4.65. The standard InChI is InChI=1S/C21H25N7O2/c1-22-18-11-17(25-16-7-4-10-27(21(16)30)14-5-2-3-6-14)26-19-15(12-23-28(18)19)20(29)24-13-8-9-13/h4,7,10-14,22H,2-3,5-6,8-9H2,1H3,(H,24,29)(H,25,26). The van der Waals surface area contributed by atoms with Gasteiger partial charge in [0.15, 0.2) is 5.65 Å². The van der Waals surface area contributed by atoms with Crippen LogP contribution in [0.15, 0.2) is 35.4 Å². The lowest BCUT2D eigenvalue weighted by atomic mass is 10.2. The van der Waals surface area contributed by atoms with Crippen molar-refractivity contribution in [1.29, 1.82) is 0 Å². The molecule has 2 aliphatic carbocycles. The Bertz CT molecular complexity index is 1160. The number of fused-ring (bicyclic) bond motifs is 1. The first-order valence-electron chi connectivity index (χ1n) is 10.5. The van der Waals surface area contributed by atoms with Gasteiger partial charge in [0.2, 0.25) is 0 Å². The normalized spacial score (nSPS) is 16.7. The Morgan fingerprint density at radius 3 is 2.73 bits per heavy atom. The summed E-state index contributed by atoms with van der Waals surface area (Å²) in [6.07, 6.45) is 9.79. The van der Waals surface area contributed by atoms with Crippen molar-refractivity contribution >= 4 is 28.9 Å². The molecule has 0 aromatic carbocycles. The van der Waals surface area contributed by atoms with Crippen molar-refractivity contribution in [3.05, 3.63) is 46.5 Å². The molecule has 3 heterocycles. The van der Waals surface area contributed by atoms with Crippen molar-refractivity contribution in [1.82, 2.24) is 24.5 Å². The van der Waals surface area contributed by atoms with Crippen LogP contribution in [0.5, 0.6) is 0 Å². The second kappa shape index (κ2) is 7.47. The lowest BCUT2D eigenvalue weighted by molar-refractivity contribution is 0.0952. The fraction of sp³-hybridized carbons (Fsp3) is 0.429. The summed E-state index contributed by atoms with van der Waals surface area (Å²) in [7, 11) is 1.78. The monoisotopic (exact) mass is 407 g/mol. The van der Waals surface area contributed by atoms with Crippen molar-refractivity contribution in [2.75, 3.05) is 17.7 Å². The highest BCUT2D eigenvalue weighted by Crippen LogP contribution is 2.29. The molecule has 2 saturated carbocycles. The summed E-state index contributed by atoms with van der Waals surface area (Å²) in [6, 6.07) is 5.92. The van der Waals surface area contributed by atoms with E-state index in [0.29, 0.717) is 28.5 Å². The highest BCUT2D eigenvalue weighted by atomic mass is 16.2. The highest BCUT2D eigenvalue weighted by molar-refractivity contribution is 6.00. The van der Waals surface area contributed by atoms with Gasteiger partial charge < -0.3 is 20.5 Å². The Balaban J connectivity index is 1.50. The molecule has 30 heavy (non-hydrogen) atoms. The molecular weight excluding hydrogens is 382 g/mol. The molecule has 1 amide bonds. The second-order valence-electron chi connectivity index (χ2n) is 8.02. The molecular formula is C21H25N7O2. The smallest absolute Gasteiger partial charge is 0.274 e. The molecule has 156 valence electrons. The molecule has 0 spiro atoms. The van der Waals surface area contributed by atoms with Crippen molar-refractivity contribution in [2.45, 2.75) is 50.6 Å². The van der Waals surface area contributed by atoms with Gasteiger partial charge in [0.1, 0.15) is 22.9 Å². The molecule has 5 rings (SSSR count). The molecule has 0 aliphatic heterocycles. The Hall–Kier alpha value is -3.36. The number of nitrogens with zero attached hydrogens (tertiary/aromatic N) is 4. The van der Waals surface area contributed by atoms with Crippen LogP contribution >= 0.6 is 0 Å². The summed E-state index contributed by atoms with van der Waals surface area (Å²) >= 11 is 0. The van der Waals surface area contributed by atoms with E-state index in [-0.39, 0.29) is 23.6 Å². The third-order valence-corrected chi connectivity index (χ3v) is 5.84. The van der Waals surface area contributed by atoms with Gasteiger partial charge in [0.25, 0.3) is 11.5 Å². The van der Waals surface area contributed by atoms with Crippen LogP contribution < -0.4 is 21.5 Å². The lowest BCUT2D eigenvalue weighted by Crippen LogP contribution is -2.25. The van der Waals surface area contributed by atoms with Crippen molar-refractivity contribution in [2.24, 2.45) is 0 Å². The SMILES string of the molecule is CNc1cc(Nc2cccn(C3CCCC3)c2=O)nc2c(C(=O)NC3CC3)cnn12. The van der Waals surface area contributed by atoms with Gasteiger partial charge in [-0.25, -0.2) is 4.98 Å². The fourth-order valence-electron chi connectivity index (χ4n) is 4.07. The summed E-state index contributed by atoms with van der Waals surface area (Å²) in [5, 5.41) is 13.5. The third kappa shape index (κ3) is 3.40. The molecule has 0 saturated heterocycles. The number of anilines is 3. The van der Waals surface area contributed by atoms with Gasteiger partial charge in [0.05, 0.1) is 6.20 Å². The minimum atomic E-state index is -0.178. The zero-order chi connectivity index (χ0) is 20.7. The Morgan fingerprint density at radius 1 is 1.20 bits per heavy atom. The number of hydrogen-bond acceptors (Lipinski definition) is 6. The minimum absolute atomic E-state index is 0.0581. The molecule has 0 unspecified atom stereocenters. The van der Waals surface area contributed by atoms with Crippen molar-refractivity contribution in [3.63, 3.8) is 0 Å². The van der Waals surface area contributed by atoms with Gasteiger partial charge in [0, 0.05) is 31.4 Å². The van der Waals surface area contributed by atoms with E-state index in [9.17, 15) is 9.59 Å². The number of amides is 1. The fourth-order valence-corrected chi connectivity index (χ4v) is 4.07. The Morgan fingerprint density at radius 2 is 2.00 bits per heavy atom. The van der Waals surface area contributed by atoms with E-state index in [0.717, 1.165) is 38.5 Å². The number of pyridine rings is 1. The zero-order valence-electron chi connectivity index (χ0n) is 16.9. The molecule has 3 aromatic rings.